The largest absolute Gasteiger partial charge is 0.455 e. The molecule has 53 heavy (non-hydrogen) atoms. The minimum absolute atomic E-state index is 0.0300. The smallest absolute Gasteiger partial charge is 0.380 e. The maximum Gasteiger partial charge on any atom is 0.380 e. The molecule has 0 aliphatic heterocycles. The summed E-state index contributed by atoms with van der Waals surface area (Å²) in [5.41, 5.74) is -1.39. The van der Waals surface area contributed by atoms with Crippen LogP contribution in [0.5, 0.6) is 0 Å². The van der Waals surface area contributed by atoms with Gasteiger partial charge in [0.1, 0.15) is 11.3 Å². The van der Waals surface area contributed by atoms with Gasteiger partial charge >= 0.3 is 17.8 Å². The van der Waals surface area contributed by atoms with E-state index in [0.717, 1.165) is 32.9 Å². The number of hydrogen-bond donors (Lipinski definition) is 0. The molecule has 0 amide bonds. The van der Waals surface area contributed by atoms with Crippen molar-refractivity contribution in [1.82, 2.24) is 0 Å². The van der Waals surface area contributed by atoms with Crippen LogP contribution in [-0.2, 0) is 16.2 Å². The number of furan rings is 1. The number of fused-ring (bicyclic) bond motifs is 1. The SMILES string of the molecule is CC(C)(C)c1ccc(-c2oc3c[c][c]cc3c2C2=C(c3cc(-c4cc(C(C)(C)C)cs4)sc3-c3cc(C(C)(C)C)cs3)C(F)(F)C(F)(F)C2(F)F)cc1. The molecule has 7 rings (SSSR count). The van der Waals surface area contributed by atoms with Crippen LogP contribution >= 0.6 is 34.0 Å². The zero-order valence-corrected chi connectivity index (χ0v) is 33.2. The first kappa shape index (κ1) is 37.7. The van der Waals surface area contributed by atoms with Gasteiger partial charge in [0.25, 0.3) is 0 Å². The van der Waals surface area contributed by atoms with E-state index in [-0.39, 0.29) is 49.0 Å². The monoisotopic (exact) mass is 780 g/mol. The third kappa shape index (κ3) is 6.04. The molecule has 2 aromatic carbocycles. The van der Waals surface area contributed by atoms with Crippen LogP contribution in [0.3, 0.4) is 0 Å². The highest BCUT2D eigenvalue weighted by atomic mass is 32.1. The summed E-state index contributed by atoms with van der Waals surface area (Å²) in [5, 5.41) is 3.81. The van der Waals surface area contributed by atoms with E-state index in [1.165, 1.54) is 40.9 Å². The van der Waals surface area contributed by atoms with Gasteiger partial charge in [0.05, 0.1) is 4.88 Å². The molecule has 1 aliphatic rings. The van der Waals surface area contributed by atoms with Crippen LogP contribution in [-0.4, -0.2) is 17.8 Å². The third-order valence-electron chi connectivity index (χ3n) is 9.81. The second kappa shape index (κ2) is 12.2. The molecular formula is C43H38F6OS3. The number of alkyl halides is 6. The van der Waals surface area contributed by atoms with Gasteiger partial charge in [-0.3, -0.25) is 0 Å². The quantitative estimate of drug-likeness (QED) is 0.159. The van der Waals surface area contributed by atoms with Gasteiger partial charge in [-0.05, 0) is 86.2 Å². The molecule has 4 heterocycles. The van der Waals surface area contributed by atoms with Gasteiger partial charge in [-0.1, -0.05) is 86.6 Å². The Hall–Kier alpha value is -3.60. The predicted octanol–water partition coefficient (Wildman–Crippen LogP) is 14.9. The molecule has 0 spiro atoms. The molecule has 0 saturated carbocycles. The van der Waals surface area contributed by atoms with Crippen LogP contribution < -0.4 is 0 Å². The van der Waals surface area contributed by atoms with Crippen molar-refractivity contribution in [3.63, 3.8) is 0 Å². The Kier molecular flexibility index (Phi) is 8.68. The summed E-state index contributed by atoms with van der Waals surface area (Å²) in [6.07, 6.45) is 0. The summed E-state index contributed by atoms with van der Waals surface area (Å²) in [4.78, 5) is 1.98. The summed E-state index contributed by atoms with van der Waals surface area (Å²) in [6.45, 7) is 18.2. The second-order valence-electron chi connectivity index (χ2n) is 16.7. The minimum Gasteiger partial charge on any atom is -0.455 e. The van der Waals surface area contributed by atoms with Crippen LogP contribution in [0.25, 0.3) is 52.9 Å². The molecule has 1 aliphatic carbocycles. The average Bonchev–Trinajstić information content (AvgIpc) is 3.87. The van der Waals surface area contributed by atoms with E-state index in [1.807, 2.05) is 85.2 Å². The van der Waals surface area contributed by atoms with Crippen LogP contribution in [0, 0.1) is 12.1 Å². The summed E-state index contributed by atoms with van der Waals surface area (Å²) < 4.78 is 105. The number of halogens is 6. The molecule has 0 N–H and O–H groups in total. The van der Waals surface area contributed by atoms with Crippen molar-refractivity contribution in [3.05, 3.63) is 105 Å². The molecule has 10 heteroatoms. The van der Waals surface area contributed by atoms with Crippen LogP contribution in [0.4, 0.5) is 26.3 Å². The fourth-order valence-electron chi connectivity index (χ4n) is 6.51. The zero-order chi connectivity index (χ0) is 38.7. The minimum atomic E-state index is -5.76. The van der Waals surface area contributed by atoms with Gasteiger partial charge in [-0.2, -0.15) is 26.3 Å². The van der Waals surface area contributed by atoms with E-state index in [4.69, 9.17) is 4.42 Å². The summed E-state index contributed by atoms with van der Waals surface area (Å²) in [5.74, 6) is -16.5. The normalized spacial score (nSPS) is 17.3. The summed E-state index contributed by atoms with van der Waals surface area (Å²) >= 11 is 3.80. The molecular weight excluding hydrogens is 743 g/mol. The van der Waals surface area contributed by atoms with Gasteiger partial charge in [-0.25, -0.2) is 0 Å². The lowest BCUT2D eigenvalue weighted by atomic mass is 9.86. The van der Waals surface area contributed by atoms with Gasteiger partial charge in [0.2, 0.25) is 0 Å². The molecule has 0 unspecified atom stereocenters. The molecule has 0 atom stereocenters. The number of benzene rings is 2. The lowest BCUT2D eigenvalue weighted by molar-refractivity contribution is -0.254. The molecule has 276 valence electrons. The van der Waals surface area contributed by atoms with E-state index in [0.29, 0.717) is 9.75 Å². The fraction of sp³-hybridized carbons (Fsp3) is 0.349. The Balaban J connectivity index is 1.58. The summed E-state index contributed by atoms with van der Waals surface area (Å²) in [7, 11) is 0. The van der Waals surface area contributed by atoms with Crippen molar-refractivity contribution in [2.24, 2.45) is 0 Å². The zero-order valence-electron chi connectivity index (χ0n) is 30.8. The first-order chi connectivity index (χ1) is 24.4. The standard InChI is InChI=1S/C43H38F6OS3/c1-38(2,3)24-16-14-23(15-17-24)36-33(27-12-10-11-13-29(27)50-36)35-34(41(44,45)43(48,49)42(35,46)47)28-20-31(30-18-25(21-51-30)39(4,5)6)53-37(28)32-19-26(22-52-32)40(7,8)9/h12-22H,1-9H3. The van der Waals surface area contributed by atoms with Crippen molar-refractivity contribution in [1.29, 1.82) is 0 Å². The van der Waals surface area contributed by atoms with Gasteiger partial charge in [0, 0.05) is 47.9 Å². The van der Waals surface area contributed by atoms with Crippen LogP contribution in [0.15, 0.2) is 69.8 Å². The number of hydrogen-bond acceptors (Lipinski definition) is 4. The molecule has 6 aromatic rings. The third-order valence-corrected chi connectivity index (χ3v) is 13.2. The molecule has 0 saturated heterocycles. The first-order valence-electron chi connectivity index (χ1n) is 17.1. The van der Waals surface area contributed by atoms with E-state index in [2.05, 4.69) is 12.1 Å². The lowest BCUT2D eigenvalue weighted by Crippen LogP contribution is -2.48. The highest BCUT2D eigenvalue weighted by Crippen LogP contribution is 2.67. The first-order valence-corrected chi connectivity index (χ1v) is 19.7. The van der Waals surface area contributed by atoms with E-state index < -0.39 is 34.5 Å². The van der Waals surface area contributed by atoms with Gasteiger partial charge in [-0.15, -0.1) is 34.0 Å². The fourth-order valence-corrected chi connectivity index (χ4v) is 10.2. The van der Waals surface area contributed by atoms with E-state index >= 15 is 26.3 Å². The topological polar surface area (TPSA) is 13.1 Å². The Morgan fingerprint density at radius 2 is 1.13 bits per heavy atom. The maximum absolute atomic E-state index is 16.7. The van der Waals surface area contributed by atoms with Crippen molar-refractivity contribution < 1.29 is 30.8 Å². The average molecular weight is 781 g/mol. The second-order valence-corrected chi connectivity index (χ2v) is 19.6. The van der Waals surface area contributed by atoms with E-state index in [9.17, 15) is 0 Å². The van der Waals surface area contributed by atoms with Crippen LogP contribution in [0.1, 0.15) is 90.1 Å². The Bertz CT molecular complexity index is 2380. The molecule has 4 aromatic heterocycles. The highest BCUT2D eigenvalue weighted by molar-refractivity contribution is 7.26. The Morgan fingerprint density at radius 1 is 0.604 bits per heavy atom. The Labute approximate surface area is 318 Å². The number of thiophene rings is 3. The highest BCUT2D eigenvalue weighted by Gasteiger charge is 2.80. The molecule has 1 nitrogen and oxygen atoms in total. The molecule has 0 fully saturated rings. The van der Waals surface area contributed by atoms with Crippen molar-refractivity contribution in [3.8, 4) is 30.8 Å². The summed E-state index contributed by atoms with van der Waals surface area (Å²) in [6, 6.07) is 20.0. The van der Waals surface area contributed by atoms with Gasteiger partial charge in [0.15, 0.2) is 0 Å². The van der Waals surface area contributed by atoms with Crippen LogP contribution in [0.2, 0.25) is 0 Å². The van der Waals surface area contributed by atoms with Gasteiger partial charge < -0.3 is 4.42 Å². The lowest BCUT2D eigenvalue weighted by Gasteiger charge is -2.26. The maximum atomic E-state index is 16.7. The number of rotatable bonds is 5. The predicted molar refractivity (Wildman–Crippen MR) is 208 cm³/mol. The van der Waals surface area contributed by atoms with Crippen molar-refractivity contribution >= 4 is 56.1 Å². The Morgan fingerprint density at radius 3 is 1.70 bits per heavy atom. The van der Waals surface area contributed by atoms with E-state index in [1.54, 1.807) is 24.3 Å². The molecule has 0 bridgehead atoms. The number of allylic oxidation sites excluding steroid dienone is 2. The van der Waals surface area contributed by atoms with Crippen molar-refractivity contribution in [2.45, 2.75) is 96.3 Å². The van der Waals surface area contributed by atoms with Crippen molar-refractivity contribution in [2.75, 3.05) is 0 Å². The molecule has 2 radical (unpaired) electrons.